The van der Waals surface area contributed by atoms with Gasteiger partial charge < -0.3 is 15.7 Å². The van der Waals surface area contributed by atoms with E-state index in [9.17, 15) is 9.59 Å². The van der Waals surface area contributed by atoms with Crippen molar-refractivity contribution in [1.82, 2.24) is 10.3 Å². The predicted octanol–water partition coefficient (Wildman–Crippen LogP) is 3.49. The zero-order valence-corrected chi connectivity index (χ0v) is 16.5. The largest absolute Gasteiger partial charge is 0.396 e. The lowest BCUT2D eigenvalue weighted by molar-refractivity contribution is -0.136. The maximum absolute atomic E-state index is 12.0. The van der Waals surface area contributed by atoms with E-state index in [0.29, 0.717) is 18.7 Å². The number of unbranched alkanes of at least 4 members (excludes halogenated alkanes) is 2. The second-order valence-electron chi connectivity index (χ2n) is 6.56. The summed E-state index contributed by atoms with van der Waals surface area (Å²) in [6.45, 7) is 2.62. The SMILES string of the molecule is Cc1ccc2nc(-c3ccc(NC(=O)C(=O)NCCCCCO)cc3)sc2c1. The van der Waals surface area contributed by atoms with Gasteiger partial charge in [-0.1, -0.05) is 6.07 Å². The molecule has 28 heavy (non-hydrogen) atoms. The summed E-state index contributed by atoms with van der Waals surface area (Å²) in [6, 6.07) is 13.5. The van der Waals surface area contributed by atoms with Crippen molar-refractivity contribution in [2.75, 3.05) is 18.5 Å². The molecule has 3 N–H and O–H groups in total. The van der Waals surface area contributed by atoms with Crippen molar-refractivity contribution in [3.63, 3.8) is 0 Å². The number of carbonyl (C=O) groups is 2. The highest BCUT2D eigenvalue weighted by Gasteiger charge is 2.13. The van der Waals surface area contributed by atoms with E-state index in [-0.39, 0.29) is 6.61 Å². The minimum absolute atomic E-state index is 0.140. The number of thiazole rings is 1. The number of carbonyl (C=O) groups excluding carboxylic acids is 2. The van der Waals surface area contributed by atoms with Crippen molar-refractivity contribution in [2.24, 2.45) is 0 Å². The molecule has 2 aromatic carbocycles. The van der Waals surface area contributed by atoms with Gasteiger partial charge in [0.1, 0.15) is 5.01 Å². The van der Waals surface area contributed by atoms with Gasteiger partial charge in [-0.05, 0) is 68.1 Å². The molecule has 1 aromatic heterocycles. The van der Waals surface area contributed by atoms with Gasteiger partial charge in [-0.2, -0.15) is 0 Å². The van der Waals surface area contributed by atoms with Crippen LogP contribution in [0.2, 0.25) is 0 Å². The third-order valence-corrected chi connectivity index (χ3v) is 5.33. The van der Waals surface area contributed by atoms with Gasteiger partial charge in [-0.25, -0.2) is 4.98 Å². The highest BCUT2D eigenvalue weighted by atomic mass is 32.1. The zero-order valence-electron chi connectivity index (χ0n) is 15.7. The molecule has 0 aliphatic rings. The number of benzene rings is 2. The quantitative estimate of drug-likeness (QED) is 0.420. The van der Waals surface area contributed by atoms with Gasteiger partial charge >= 0.3 is 11.8 Å². The summed E-state index contributed by atoms with van der Waals surface area (Å²) in [5, 5.41) is 14.8. The average molecular weight is 398 g/mol. The van der Waals surface area contributed by atoms with E-state index >= 15 is 0 Å². The Bertz CT molecular complexity index is 967. The molecule has 0 bridgehead atoms. The van der Waals surface area contributed by atoms with Gasteiger partial charge in [0.05, 0.1) is 10.2 Å². The molecular formula is C21H23N3O3S. The van der Waals surface area contributed by atoms with E-state index in [1.807, 2.05) is 24.3 Å². The molecule has 0 aliphatic heterocycles. The average Bonchev–Trinajstić information content (AvgIpc) is 3.11. The molecule has 1 heterocycles. The summed E-state index contributed by atoms with van der Waals surface area (Å²) in [5.41, 5.74) is 3.69. The Hall–Kier alpha value is -2.77. The Kier molecular flexibility index (Phi) is 6.73. The molecule has 146 valence electrons. The second-order valence-corrected chi connectivity index (χ2v) is 7.59. The van der Waals surface area contributed by atoms with Crippen LogP contribution in [0.1, 0.15) is 24.8 Å². The number of aromatic nitrogens is 1. The first-order valence-corrected chi connectivity index (χ1v) is 10.1. The number of hydrogen-bond acceptors (Lipinski definition) is 5. The molecule has 0 saturated carbocycles. The number of nitrogens with zero attached hydrogens (tertiary/aromatic N) is 1. The molecule has 0 spiro atoms. The van der Waals surface area contributed by atoms with Crippen LogP contribution in [0, 0.1) is 6.92 Å². The Morgan fingerprint density at radius 3 is 2.57 bits per heavy atom. The van der Waals surface area contributed by atoms with Crippen LogP contribution < -0.4 is 10.6 Å². The maximum atomic E-state index is 12.0. The number of fused-ring (bicyclic) bond motifs is 1. The Balaban J connectivity index is 1.57. The molecule has 6 nitrogen and oxygen atoms in total. The zero-order chi connectivity index (χ0) is 19.9. The molecule has 3 aromatic rings. The fourth-order valence-corrected chi connectivity index (χ4v) is 3.80. The number of aliphatic hydroxyl groups is 1. The van der Waals surface area contributed by atoms with Crippen molar-refractivity contribution >= 4 is 39.1 Å². The van der Waals surface area contributed by atoms with Gasteiger partial charge in [-0.15, -0.1) is 11.3 Å². The van der Waals surface area contributed by atoms with E-state index in [1.54, 1.807) is 23.5 Å². The predicted molar refractivity (Wildman–Crippen MR) is 112 cm³/mol. The molecule has 0 unspecified atom stereocenters. The smallest absolute Gasteiger partial charge is 0.313 e. The first-order valence-electron chi connectivity index (χ1n) is 9.24. The number of aryl methyl sites for hydroxylation is 1. The monoisotopic (exact) mass is 397 g/mol. The normalized spacial score (nSPS) is 10.8. The molecule has 0 radical (unpaired) electrons. The highest BCUT2D eigenvalue weighted by Crippen LogP contribution is 2.31. The van der Waals surface area contributed by atoms with Crippen molar-refractivity contribution < 1.29 is 14.7 Å². The molecular weight excluding hydrogens is 374 g/mol. The minimum atomic E-state index is -0.689. The van der Waals surface area contributed by atoms with Gasteiger partial charge in [0.25, 0.3) is 0 Å². The first-order chi connectivity index (χ1) is 13.6. The fraction of sp³-hybridized carbons (Fsp3) is 0.286. The molecule has 0 aliphatic carbocycles. The number of rotatable bonds is 7. The third kappa shape index (κ3) is 5.15. The molecule has 7 heteroatoms. The molecule has 3 rings (SSSR count). The minimum Gasteiger partial charge on any atom is -0.396 e. The Morgan fingerprint density at radius 1 is 1.04 bits per heavy atom. The van der Waals surface area contributed by atoms with Gasteiger partial charge in [0.15, 0.2) is 0 Å². The molecule has 0 atom stereocenters. The Morgan fingerprint density at radius 2 is 1.82 bits per heavy atom. The summed E-state index contributed by atoms with van der Waals surface area (Å²) >= 11 is 1.63. The lowest BCUT2D eigenvalue weighted by Gasteiger charge is -2.07. The lowest BCUT2D eigenvalue weighted by atomic mass is 10.2. The fourth-order valence-electron chi connectivity index (χ4n) is 2.74. The number of amides is 2. The van der Waals surface area contributed by atoms with Gasteiger partial charge in [0.2, 0.25) is 0 Å². The summed E-state index contributed by atoms with van der Waals surface area (Å²) in [6.07, 6.45) is 2.24. The van der Waals surface area contributed by atoms with E-state index in [1.165, 1.54) is 5.56 Å². The molecule has 2 amide bonds. The van der Waals surface area contributed by atoms with Crippen LogP contribution >= 0.6 is 11.3 Å². The summed E-state index contributed by atoms with van der Waals surface area (Å²) in [5.74, 6) is -1.35. The second kappa shape index (κ2) is 9.43. The third-order valence-electron chi connectivity index (χ3n) is 4.26. The molecule has 0 saturated heterocycles. The van der Waals surface area contributed by atoms with E-state index in [4.69, 9.17) is 5.11 Å². The van der Waals surface area contributed by atoms with Crippen molar-refractivity contribution in [1.29, 1.82) is 0 Å². The van der Waals surface area contributed by atoms with Crippen LogP contribution in [0.5, 0.6) is 0 Å². The highest BCUT2D eigenvalue weighted by molar-refractivity contribution is 7.21. The maximum Gasteiger partial charge on any atom is 0.313 e. The van der Waals surface area contributed by atoms with Crippen molar-refractivity contribution in [2.45, 2.75) is 26.2 Å². The van der Waals surface area contributed by atoms with Crippen LogP contribution in [0.3, 0.4) is 0 Å². The van der Waals surface area contributed by atoms with E-state index in [0.717, 1.165) is 33.6 Å². The Labute approximate surface area is 167 Å². The lowest BCUT2D eigenvalue weighted by Crippen LogP contribution is -2.35. The van der Waals surface area contributed by atoms with Crippen LogP contribution in [0.15, 0.2) is 42.5 Å². The van der Waals surface area contributed by atoms with Crippen LogP contribution in [0.4, 0.5) is 5.69 Å². The summed E-state index contributed by atoms with van der Waals surface area (Å²) < 4.78 is 1.14. The number of aliphatic hydroxyl groups excluding tert-OH is 1. The standard InChI is InChI=1S/C21H23N3O3S/c1-14-5-10-17-18(13-14)28-21(24-17)15-6-8-16(9-7-15)23-20(27)19(26)22-11-3-2-4-12-25/h5-10,13,25H,2-4,11-12H2,1H3,(H,22,26)(H,23,27). The van der Waals surface area contributed by atoms with Gasteiger partial charge in [-0.3, -0.25) is 9.59 Å². The number of hydrogen-bond donors (Lipinski definition) is 3. The summed E-state index contributed by atoms with van der Waals surface area (Å²) in [7, 11) is 0. The topological polar surface area (TPSA) is 91.3 Å². The van der Waals surface area contributed by atoms with Crippen LogP contribution in [-0.2, 0) is 9.59 Å². The van der Waals surface area contributed by atoms with E-state index < -0.39 is 11.8 Å². The first kappa shape index (κ1) is 20.0. The van der Waals surface area contributed by atoms with Crippen LogP contribution in [0.25, 0.3) is 20.8 Å². The number of nitrogens with one attached hydrogen (secondary N) is 2. The van der Waals surface area contributed by atoms with Crippen molar-refractivity contribution in [3.8, 4) is 10.6 Å². The van der Waals surface area contributed by atoms with Crippen LogP contribution in [-0.4, -0.2) is 35.1 Å². The molecule has 0 fully saturated rings. The summed E-state index contributed by atoms with van der Waals surface area (Å²) in [4.78, 5) is 28.4. The number of anilines is 1. The van der Waals surface area contributed by atoms with Crippen molar-refractivity contribution in [3.05, 3.63) is 48.0 Å². The van der Waals surface area contributed by atoms with E-state index in [2.05, 4.69) is 28.6 Å². The van der Waals surface area contributed by atoms with Gasteiger partial charge in [0, 0.05) is 24.4 Å².